The zero-order valence-corrected chi connectivity index (χ0v) is 12.2. The van der Waals surface area contributed by atoms with Crippen molar-refractivity contribution in [1.29, 1.82) is 0 Å². The number of nitrogens with zero attached hydrogens (tertiary/aromatic N) is 2. The molecular formula is C14H21N3O3. The second-order valence-electron chi connectivity index (χ2n) is 4.84. The van der Waals surface area contributed by atoms with Gasteiger partial charge in [-0.3, -0.25) is 4.79 Å². The summed E-state index contributed by atoms with van der Waals surface area (Å²) in [5.41, 5.74) is 6.33. The van der Waals surface area contributed by atoms with Crippen LogP contribution in [0.4, 0.5) is 5.69 Å². The molecule has 1 amide bonds. The van der Waals surface area contributed by atoms with E-state index in [-0.39, 0.29) is 17.7 Å². The number of carbonyl (C=O) groups excluding carboxylic acids is 1. The van der Waals surface area contributed by atoms with Crippen LogP contribution in [-0.4, -0.2) is 31.1 Å². The molecule has 0 aromatic heterocycles. The van der Waals surface area contributed by atoms with E-state index in [1.165, 1.54) is 4.90 Å². The summed E-state index contributed by atoms with van der Waals surface area (Å²) in [6.45, 7) is 3.70. The molecule has 20 heavy (non-hydrogen) atoms. The van der Waals surface area contributed by atoms with Crippen LogP contribution in [0.3, 0.4) is 0 Å². The van der Waals surface area contributed by atoms with Crippen molar-refractivity contribution in [3.8, 4) is 5.75 Å². The molecule has 1 rings (SSSR count). The van der Waals surface area contributed by atoms with E-state index in [0.29, 0.717) is 11.4 Å². The number of benzene rings is 1. The Balaban J connectivity index is 2.98. The SMILES string of the molecule is COc1ccc(N(C)C(=O)C(C(N)=NO)C(C)C)cc1. The van der Waals surface area contributed by atoms with Crippen LogP contribution in [0, 0.1) is 11.8 Å². The van der Waals surface area contributed by atoms with Crippen molar-refractivity contribution in [2.24, 2.45) is 22.7 Å². The Bertz CT molecular complexity index is 483. The summed E-state index contributed by atoms with van der Waals surface area (Å²) in [5.74, 6) is -0.316. The number of hydrogen-bond acceptors (Lipinski definition) is 4. The molecular weight excluding hydrogens is 258 g/mol. The highest BCUT2D eigenvalue weighted by Gasteiger charge is 2.29. The second kappa shape index (κ2) is 6.79. The van der Waals surface area contributed by atoms with Gasteiger partial charge in [0.05, 0.1) is 7.11 Å². The summed E-state index contributed by atoms with van der Waals surface area (Å²) in [4.78, 5) is 14.0. The molecule has 110 valence electrons. The van der Waals surface area contributed by atoms with E-state index in [1.807, 2.05) is 13.8 Å². The molecule has 0 radical (unpaired) electrons. The number of nitrogens with two attached hydrogens (primary N) is 1. The summed E-state index contributed by atoms with van der Waals surface area (Å²) in [6.07, 6.45) is 0. The smallest absolute Gasteiger partial charge is 0.237 e. The van der Waals surface area contributed by atoms with E-state index in [4.69, 9.17) is 15.7 Å². The number of methoxy groups -OCH3 is 1. The van der Waals surface area contributed by atoms with E-state index in [9.17, 15) is 4.79 Å². The Morgan fingerprint density at radius 1 is 1.35 bits per heavy atom. The van der Waals surface area contributed by atoms with Gasteiger partial charge in [0, 0.05) is 12.7 Å². The molecule has 0 heterocycles. The van der Waals surface area contributed by atoms with E-state index >= 15 is 0 Å². The summed E-state index contributed by atoms with van der Waals surface area (Å²) < 4.78 is 5.08. The van der Waals surface area contributed by atoms with Gasteiger partial charge in [0.25, 0.3) is 0 Å². The van der Waals surface area contributed by atoms with Crippen LogP contribution < -0.4 is 15.4 Å². The van der Waals surface area contributed by atoms with Gasteiger partial charge in [-0.1, -0.05) is 19.0 Å². The van der Waals surface area contributed by atoms with Crippen molar-refractivity contribution < 1.29 is 14.7 Å². The lowest BCUT2D eigenvalue weighted by Gasteiger charge is -2.25. The first-order valence-electron chi connectivity index (χ1n) is 6.31. The third-order valence-electron chi connectivity index (χ3n) is 3.16. The largest absolute Gasteiger partial charge is 0.497 e. The third-order valence-corrected chi connectivity index (χ3v) is 3.16. The van der Waals surface area contributed by atoms with Crippen molar-refractivity contribution in [3.63, 3.8) is 0 Å². The second-order valence-corrected chi connectivity index (χ2v) is 4.84. The molecule has 1 aromatic rings. The van der Waals surface area contributed by atoms with Gasteiger partial charge in [-0.2, -0.15) is 0 Å². The lowest BCUT2D eigenvalue weighted by Crippen LogP contribution is -2.42. The molecule has 3 N–H and O–H groups in total. The van der Waals surface area contributed by atoms with E-state index in [0.717, 1.165) is 0 Å². The molecule has 1 unspecified atom stereocenters. The summed E-state index contributed by atoms with van der Waals surface area (Å²) in [6, 6.07) is 7.10. The van der Waals surface area contributed by atoms with Crippen LogP contribution in [-0.2, 0) is 4.79 Å². The zero-order chi connectivity index (χ0) is 15.3. The summed E-state index contributed by atoms with van der Waals surface area (Å²) in [7, 11) is 3.24. The van der Waals surface area contributed by atoms with Crippen molar-refractivity contribution in [2.45, 2.75) is 13.8 Å². The van der Waals surface area contributed by atoms with Crippen LogP contribution in [0.25, 0.3) is 0 Å². The molecule has 0 aliphatic rings. The van der Waals surface area contributed by atoms with Gasteiger partial charge in [0.2, 0.25) is 5.91 Å². The maximum absolute atomic E-state index is 12.5. The van der Waals surface area contributed by atoms with Crippen LogP contribution in [0.5, 0.6) is 5.75 Å². The van der Waals surface area contributed by atoms with Gasteiger partial charge >= 0.3 is 0 Å². The number of oxime groups is 1. The molecule has 6 nitrogen and oxygen atoms in total. The molecule has 0 saturated heterocycles. The first-order chi connectivity index (χ1) is 9.42. The minimum absolute atomic E-state index is 0.0703. The van der Waals surface area contributed by atoms with Crippen LogP contribution in [0.15, 0.2) is 29.4 Å². The van der Waals surface area contributed by atoms with Crippen molar-refractivity contribution in [3.05, 3.63) is 24.3 Å². The Morgan fingerprint density at radius 3 is 2.30 bits per heavy atom. The molecule has 1 aromatic carbocycles. The number of hydrogen-bond donors (Lipinski definition) is 2. The number of amides is 1. The molecule has 0 bridgehead atoms. The monoisotopic (exact) mass is 279 g/mol. The predicted molar refractivity (Wildman–Crippen MR) is 78.1 cm³/mol. The lowest BCUT2D eigenvalue weighted by molar-refractivity contribution is -0.121. The topological polar surface area (TPSA) is 88.2 Å². The first kappa shape index (κ1) is 15.8. The lowest BCUT2D eigenvalue weighted by atomic mass is 9.93. The Kier molecular flexibility index (Phi) is 5.37. The Hall–Kier alpha value is -2.24. The van der Waals surface area contributed by atoms with Crippen LogP contribution >= 0.6 is 0 Å². The molecule has 6 heteroatoms. The molecule has 1 atom stereocenters. The van der Waals surface area contributed by atoms with Crippen LogP contribution in [0.2, 0.25) is 0 Å². The summed E-state index contributed by atoms with van der Waals surface area (Å²) in [5, 5.41) is 11.8. The highest BCUT2D eigenvalue weighted by Crippen LogP contribution is 2.22. The number of amidine groups is 1. The highest BCUT2D eigenvalue weighted by atomic mass is 16.5. The molecule has 0 fully saturated rings. The maximum Gasteiger partial charge on any atom is 0.237 e. The minimum atomic E-state index is -0.660. The van der Waals surface area contributed by atoms with Gasteiger partial charge in [-0.05, 0) is 30.2 Å². The van der Waals surface area contributed by atoms with Gasteiger partial charge < -0.3 is 20.6 Å². The van der Waals surface area contributed by atoms with Crippen molar-refractivity contribution in [2.75, 3.05) is 19.1 Å². The van der Waals surface area contributed by atoms with E-state index < -0.39 is 5.92 Å². The number of anilines is 1. The van der Waals surface area contributed by atoms with Crippen molar-refractivity contribution >= 4 is 17.4 Å². The van der Waals surface area contributed by atoms with Crippen LogP contribution in [0.1, 0.15) is 13.8 Å². The number of carbonyl (C=O) groups is 1. The number of rotatable bonds is 5. The van der Waals surface area contributed by atoms with Gasteiger partial charge in [-0.15, -0.1) is 0 Å². The molecule has 0 aliphatic heterocycles. The fourth-order valence-corrected chi connectivity index (χ4v) is 1.96. The average molecular weight is 279 g/mol. The van der Waals surface area contributed by atoms with Gasteiger partial charge in [0.1, 0.15) is 11.7 Å². The molecule has 0 spiro atoms. The van der Waals surface area contributed by atoms with Crippen molar-refractivity contribution in [1.82, 2.24) is 0 Å². The molecule has 0 saturated carbocycles. The fourth-order valence-electron chi connectivity index (χ4n) is 1.96. The maximum atomic E-state index is 12.5. The normalized spacial score (nSPS) is 13.2. The van der Waals surface area contributed by atoms with E-state index in [2.05, 4.69) is 5.16 Å². The summed E-state index contributed by atoms with van der Waals surface area (Å²) >= 11 is 0. The van der Waals surface area contributed by atoms with Gasteiger partial charge in [0.15, 0.2) is 5.84 Å². The quantitative estimate of drug-likeness (QED) is 0.371. The van der Waals surface area contributed by atoms with E-state index in [1.54, 1.807) is 38.4 Å². The predicted octanol–water partition coefficient (Wildman–Crippen LogP) is 1.68. The highest BCUT2D eigenvalue weighted by molar-refractivity contribution is 6.08. The third kappa shape index (κ3) is 3.40. The standard InChI is InChI=1S/C14H21N3O3/c1-9(2)12(13(15)16-19)14(18)17(3)10-5-7-11(20-4)8-6-10/h5-9,12,19H,1-4H3,(H2,15,16). The molecule has 0 aliphatic carbocycles. The average Bonchev–Trinajstić information content (AvgIpc) is 2.46. The number of ether oxygens (including phenoxy) is 1. The Morgan fingerprint density at radius 2 is 1.90 bits per heavy atom. The first-order valence-corrected chi connectivity index (χ1v) is 6.31. The minimum Gasteiger partial charge on any atom is -0.497 e. The fraction of sp³-hybridized carbons (Fsp3) is 0.429. The Labute approximate surface area is 118 Å². The zero-order valence-electron chi connectivity index (χ0n) is 12.2. The van der Waals surface area contributed by atoms with Gasteiger partial charge in [-0.25, -0.2) is 0 Å².